The molecule has 0 aliphatic carbocycles. The molecule has 1 aliphatic rings. The summed E-state index contributed by atoms with van der Waals surface area (Å²) in [7, 11) is 0. The van der Waals surface area contributed by atoms with E-state index in [9.17, 15) is 0 Å². The molecule has 1 aromatic carbocycles. The maximum Gasteiger partial charge on any atom is 0.185 e. The monoisotopic (exact) mass is 571 g/mol. The van der Waals surface area contributed by atoms with Crippen molar-refractivity contribution < 1.29 is 14.2 Å². The van der Waals surface area contributed by atoms with Gasteiger partial charge in [-0.15, -0.1) is 0 Å². The van der Waals surface area contributed by atoms with Crippen LogP contribution in [0.2, 0.25) is 5.02 Å². The molecule has 0 radical (unpaired) electrons. The zero-order chi connectivity index (χ0) is 28.3. The highest BCUT2D eigenvalue weighted by atomic mass is 35.5. The van der Waals surface area contributed by atoms with Crippen LogP contribution in [-0.2, 0) is 9.47 Å². The second-order valence-electron chi connectivity index (χ2n) is 11.6. The Morgan fingerprint density at radius 3 is 1.93 bits per heavy atom. The number of halogens is 1. The van der Waals surface area contributed by atoms with Crippen molar-refractivity contribution in [2.45, 2.75) is 129 Å². The van der Waals surface area contributed by atoms with Crippen LogP contribution in [0, 0.1) is 5.92 Å². The number of rotatable bonds is 21. The smallest absolute Gasteiger partial charge is 0.185 e. The van der Waals surface area contributed by atoms with Crippen LogP contribution in [0.25, 0.3) is 11.3 Å². The van der Waals surface area contributed by atoms with Gasteiger partial charge in [0.25, 0.3) is 0 Å². The molecule has 0 saturated carbocycles. The maximum atomic E-state index is 6.52. The van der Waals surface area contributed by atoms with Crippen molar-refractivity contribution in [2.24, 2.45) is 5.92 Å². The Hall–Kier alpha value is -1.62. The van der Waals surface area contributed by atoms with Gasteiger partial charge in [0.05, 0.1) is 30.5 Å². The Bertz CT molecular complexity index is 911. The molecule has 0 N–H and O–H groups in total. The summed E-state index contributed by atoms with van der Waals surface area (Å²) < 4.78 is 18.1. The van der Waals surface area contributed by atoms with Gasteiger partial charge in [0.1, 0.15) is 5.75 Å². The number of benzene rings is 1. The predicted octanol–water partition coefficient (Wildman–Crippen LogP) is 11.1. The second-order valence-corrected chi connectivity index (χ2v) is 12.0. The Kier molecular flexibility index (Phi) is 16.7. The lowest BCUT2D eigenvalue weighted by molar-refractivity contribution is -0.206. The molecule has 3 rings (SSSR count). The van der Waals surface area contributed by atoms with Gasteiger partial charge in [-0.3, -0.25) is 4.98 Å². The fourth-order valence-electron chi connectivity index (χ4n) is 5.38. The molecule has 40 heavy (non-hydrogen) atoms. The normalized spacial score (nSPS) is 17.3. The Morgan fingerprint density at radius 1 is 0.750 bits per heavy atom. The summed E-state index contributed by atoms with van der Waals surface area (Å²) in [5.41, 5.74) is 2.82. The second kappa shape index (κ2) is 20.3. The van der Waals surface area contributed by atoms with Gasteiger partial charge in [-0.25, -0.2) is 0 Å². The number of hydrogen-bond acceptors (Lipinski definition) is 4. The Morgan fingerprint density at radius 2 is 1.35 bits per heavy atom. The van der Waals surface area contributed by atoms with Gasteiger partial charge in [0.2, 0.25) is 0 Å². The zero-order valence-corrected chi connectivity index (χ0v) is 26.1. The summed E-state index contributed by atoms with van der Waals surface area (Å²) in [4.78, 5) is 4.67. The first-order valence-electron chi connectivity index (χ1n) is 16.3. The van der Waals surface area contributed by atoms with Crippen molar-refractivity contribution in [3.63, 3.8) is 0 Å². The van der Waals surface area contributed by atoms with Crippen molar-refractivity contribution in [1.29, 1.82) is 0 Å². The molecular formula is C35H54ClNO3. The Balaban J connectivity index is 1.31. The number of unbranched alkanes of at least 4 members (excludes halogenated alkanes) is 14. The molecular weight excluding hydrogens is 518 g/mol. The van der Waals surface area contributed by atoms with Crippen molar-refractivity contribution in [3.05, 3.63) is 47.1 Å². The van der Waals surface area contributed by atoms with Crippen LogP contribution in [0.3, 0.4) is 0 Å². The first-order valence-corrected chi connectivity index (χ1v) is 16.7. The van der Waals surface area contributed by atoms with E-state index in [4.69, 9.17) is 25.8 Å². The maximum absolute atomic E-state index is 6.52. The summed E-state index contributed by atoms with van der Waals surface area (Å²) in [5.74, 6) is 1.24. The average Bonchev–Trinajstić information content (AvgIpc) is 2.99. The van der Waals surface area contributed by atoms with Crippen molar-refractivity contribution >= 4 is 11.6 Å². The molecule has 1 aliphatic heterocycles. The van der Waals surface area contributed by atoms with Crippen LogP contribution < -0.4 is 4.74 Å². The fraction of sp³-hybridized carbons (Fsp3) is 0.686. The van der Waals surface area contributed by atoms with E-state index in [1.54, 1.807) is 0 Å². The summed E-state index contributed by atoms with van der Waals surface area (Å²) >= 11 is 6.52. The SMILES string of the molecule is CCCCCCCCCCCCC1COC(c2ccc(-c3ccc(OCCCCCCCC)c(Cl)c3)nc2)OC1. The van der Waals surface area contributed by atoms with E-state index in [-0.39, 0.29) is 6.29 Å². The van der Waals surface area contributed by atoms with Crippen molar-refractivity contribution in [1.82, 2.24) is 4.98 Å². The van der Waals surface area contributed by atoms with Crippen LogP contribution >= 0.6 is 11.6 Å². The van der Waals surface area contributed by atoms with Crippen LogP contribution in [0.1, 0.15) is 135 Å². The largest absolute Gasteiger partial charge is 0.492 e. The highest BCUT2D eigenvalue weighted by Crippen LogP contribution is 2.32. The first-order chi connectivity index (χ1) is 19.7. The van der Waals surface area contributed by atoms with Gasteiger partial charge in [-0.2, -0.15) is 0 Å². The minimum atomic E-state index is -0.327. The number of aromatic nitrogens is 1. The van der Waals surface area contributed by atoms with Gasteiger partial charge in [0, 0.05) is 23.2 Å². The van der Waals surface area contributed by atoms with Crippen molar-refractivity contribution in [3.8, 4) is 17.0 Å². The highest BCUT2D eigenvalue weighted by molar-refractivity contribution is 6.32. The molecule has 4 nitrogen and oxygen atoms in total. The quantitative estimate of drug-likeness (QED) is 0.140. The van der Waals surface area contributed by atoms with E-state index in [2.05, 4.69) is 18.8 Å². The van der Waals surface area contributed by atoms with Gasteiger partial charge in [-0.1, -0.05) is 128 Å². The molecule has 0 bridgehead atoms. The lowest BCUT2D eigenvalue weighted by Crippen LogP contribution is -2.27. The third-order valence-electron chi connectivity index (χ3n) is 7.97. The lowest BCUT2D eigenvalue weighted by Gasteiger charge is -2.29. The van der Waals surface area contributed by atoms with Gasteiger partial charge >= 0.3 is 0 Å². The molecule has 0 unspecified atom stereocenters. The number of hydrogen-bond donors (Lipinski definition) is 0. The molecule has 0 atom stereocenters. The van der Waals surface area contributed by atoms with Crippen LogP contribution in [-0.4, -0.2) is 24.8 Å². The van der Waals surface area contributed by atoms with E-state index in [0.29, 0.717) is 17.5 Å². The number of pyridine rings is 1. The summed E-state index contributed by atoms with van der Waals surface area (Å²) in [6.45, 7) is 6.76. The first kappa shape index (κ1) is 32.9. The Labute approximate surface area is 249 Å². The lowest BCUT2D eigenvalue weighted by atomic mass is 10.0. The van der Waals surface area contributed by atoms with Crippen LogP contribution in [0.5, 0.6) is 5.75 Å². The molecule has 0 spiro atoms. The zero-order valence-electron chi connectivity index (χ0n) is 25.3. The third kappa shape index (κ3) is 12.5. The van der Waals surface area contributed by atoms with Gasteiger partial charge < -0.3 is 14.2 Å². The summed E-state index contributed by atoms with van der Waals surface area (Å²) in [6.07, 6.45) is 23.9. The third-order valence-corrected chi connectivity index (χ3v) is 8.27. The number of nitrogens with zero attached hydrogens (tertiary/aromatic N) is 1. The van der Waals surface area contributed by atoms with E-state index >= 15 is 0 Å². The minimum absolute atomic E-state index is 0.327. The average molecular weight is 572 g/mol. The topological polar surface area (TPSA) is 40.6 Å². The van der Waals surface area contributed by atoms with E-state index in [1.807, 2.05) is 36.5 Å². The van der Waals surface area contributed by atoms with Crippen molar-refractivity contribution in [2.75, 3.05) is 19.8 Å². The molecule has 0 amide bonds. The predicted molar refractivity (Wildman–Crippen MR) is 168 cm³/mol. The minimum Gasteiger partial charge on any atom is -0.492 e. The highest BCUT2D eigenvalue weighted by Gasteiger charge is 2.23. The van der Waals surface area contributed by atoms with E-state index in [0.717, 1.165) is 42.2 Å². The summed E-state index contributed by atoms with van der Waals surface area (Å²) in [6, 6.07) is 9.97. The van der Waals surface area contributed by atoms with E-state index in [1.165, 1.54) is 103 Å². The molecule has 224 valence electrons. The molecule has 1 fully saturated rings. The molecule has 5 heteroatoms. The fourth-order valence-corrected chi connectivity index (χ4v) is 5.62. The molecule has 2 heterocycles. The molecule has 1 saturated heterocycles. The number of ether oxygens (including phenoxy) is 3. The van der Waals surface area contributed by atoms with E-state index < -0.39 is 0 Å². The van der Waals surface area contributed by atoms with Crippen LogP contribution in [0.4, 0.5) is 0 Å². The van der Waals surface area contributed by atoms with Gasteiger partial charge in [-0.05, 0) is 37.1 Å². The van der Waals surface area contributed by atoms with Gasteiger partial charge in [0.15, 0.2) is 6.29 Å². The molecule has 2 aromatic rings. The molecule has 1 aromatic heterocycles. The standard InChI is InChI=1S/C35H54ClNO3/c1-3-5-7-9-11-12-13-14-15-17-19-29-27-39-35(40-28-29)31-20-22-33(37-26-31)30-21-23-34(32(36)25-30)38-24-18-16-10-8-6-4-2/h20-23,25-26,29,35H,3-19,24,27-28H2,1-2H3. The summed E-state index contributed by atoms with van der Waals surface area (Å²) in [5, 5.41) is 0.627. The van der Waals surface area contributed by atoms with Crippen LogP contribution in [0.15, 0.2) is 36.5 Å².